The maximum Gasteiger partial charge on any atom is 0.0481 e. The van der Waals surface area contributed by atoms with Crippen LogP contribution in [0.5, 0.6) is 0 Å². The van der Waals surface area contributed by atoms with Crippen LogP contribution in [0, 0.1) is 11.8 Å². The molecule has 0 spiro atoms. The molecule has 0 saturated carbocycles. The Balaban J connectivity index is 2.16. The first kappa shape index (κ1) is 19.7. The maximum atomic E-state index is 3.71. The molecule has 0 saturated heterocycles. The number of hydrogen-bond donors (Lipinski definition) is 2. The molecule has 136 valence electrons. The summed E-state index contributed by atoms with van der Waals surface area (Å²) >= 11 is 1.94. The number of anilines is 3. The Kier molecular flexibility index (Phi) is 7.70. The zero-order valence-electron chi connectivity index (χ0n) is 16.2. The van der Waals surface area contributed by atoms with Gasteiger partial charge in [-0.3, -0.25) is 0 Å². The van der Waals surface area contributed by atoms with Gasteiger partial charge in [-0.05, 0) is 55.5 Å². The highest BCUT2D eigenvalue weighted by molar-refractivity contribution is 7.99. The first-order valence-corrected chi connectivity index (χ1v) is 10.3. The molecule has 2 rings (SSSR count). The van der Waals surface area contributed by atoms with Crippen molar-refractivity contribution in [3.8, 4) is 0 Å². The summed E-state index contributed by atoms with van der Waals surface area (Å²) in [5.74, 6) is 2.51. The van der Waals surface area contributed by atoms with Crippen molar-refractivity contribution in [2.45, 2.75) is 52.0 Å². The molecule has 0 bridgehead atoms. The van der Waals surface area contributed by atoms with Crippen LogP contribution in [0.25, 0.3) is 0 Å². The second-order valence-corrected chi connectivity index (χ2v) is 8.64. The van der Waals surface area contributed by atoms with E-state index in [9.17, 15) is 0 Å². The van der Waals surface area contributed by atoms with Crippen molar-refractivity contribution in [3.63, 3.8) is 0 Å². The van der Waals surface area contributed by atoms with Crippen molar-refractivity contribution < 1.29 is 0 Å². The van der Waals surface area contributed by atoms with E-state index in [0.717, 1.165) is 17.1 Å². The molecule has 25 heavy (non-hydrogen) atoms. The topological polar surface area (TPSA) is 24.1 Å². The fourth-order valence-corrected chi connectivity index (χ4v) is 3.82. The third kappa shape index (κ3) is 7.03. The van der Waals surface area contributed by atoms with Gasteiger partial charge in [0.25, 0.3) is 0 Å². The third-order valence-electron chi connectivity index (χ3n) is 3.84. The number of rotatable bonds is 9. The van der Waals surface area contributed by atoms with Crippen LogP contribution in [-0.2, 0) is 0 Å². The predicted molar refractivity (Wildman–Crippen MR) is 114 cm³/mol. The van der Waals surface area contributed by atoms with E-state index in [1.165, 1.54) is 17.0 Å². The summed E-state index contributed by atoms with van der Waals surface area (Å²) in [6, 6.07) is 17.5. The van der Waals surface area contributed by atoms with Crippen LogP contribution in [0.4, 0.5) is 17.1 Å². The first-order valence-electron chi connectivity index (χ1n) is 9.29. The van der Waals surface area contributed by atoms with Crippen LogP contribution in [0.1, 0.15) is 41.0 Å². The minimum atomic E-state index is 0.478. The molecular weight excluding hydrogens is 324 g/mol. The molecule has 2 nitrogen and oxygen atoms in total. The van der Waals surface area contributed by atoms with Crippen LogP contribution < -0.4 is 10.6 Å². The van der Waals surface area contributed by atoms with E-state index < -0.39 is 0 Å². The predicted octanol–water partition coefficient (Wildman–Crippen LogP) is 7.02. The molecule has 0 radical (unpaired) electrons. The summed E-state index contributed by atoms with van der Waals surface area (Å²) in [7, 11) is 0. The van der Waals surface area contributed by atoms with E-state index in [1.54, 1.807) is 0 Å². The first-order chi connectivity index (χ1) is 11.9. The number of para-hydroxylation sites is 1. The zero-order chi connectivity index (χ0) is 18.2. The summed E-state index contributed by atoms with van der Waals surface area (Å²) < 4.78 is 0. The van der Waals surface area contributed by atoms with Crippen molar-refractivity contribution in [1.82, 2.24) is 0 Å². The maximum absolute atomic E-state index is 3.71. The smallest absolute Gasteiger partial charge is 0.0481 e. The van der Waals surface area contributed by atoms with Gasteiger partial charge in [-0.2, -0.15) is 0 Å². The van der Waals surface area contributed by atoms with Gasteiger partial charge >= 0.3 is 0 Å². The molecule has 3 heteroatoms. The molecule has 0 amide bonds. The number of hydrogen-bond acceptors (Lipinski definition) is 3. The van der Waals surface area contributed by atoms with Gasteiger partial charge in [0.15, 0.2) is 0 Å². The van der Waals surface area contributed by atoms with Crippen molar-refractivity contribution in [1.29, 1.82) is 0 Å². The highest BCUT2D eigenvalue weighted by atomic mass is 32.2. The van der Waals surface area contributed by atoms with Crippen molar-refractivity contribution in [3.05, 3.63) is 48.5 Å². The van der Waals surface area contributed by atoms with Gasteiger partial charge in [0.05, 0.1) is 0 Å². The quantitative estimate of drug-likeness (QED) is 0.472. The number of nitrogens with one attached hydrogen (secondary N) is 2. The highest BCUT2D eigenvalue weighted by Crippen LogP contribution is 2.33. The van der Waals surface area contributed by atoms with Gasteiger partial charge in [-0.1, -0.05) is 45.9 Å². The van der Waals surface area contributed by atoms with E-state index in [-0.39, 0.29) is 0 Å². The summed E-state index contributed by atoms with van der Waals surface area (Å²) in [5.41, 5.74) is 3.51. The SMILES string of the molecule is CC(C)CSc1cc(Nc2ccccc2)ccc1NC(C)CC(C)C. The van der Waals surface area contributed by atoms with Crippen molar-refractivity contribution in [2.75, 3.05) is 16.4 Å². The van der Waals surface area contributed by atoms with Crippen LogP contribution >= 0.6 is 11.8 Å². The largest absolute Gasteiger partial charge is 0.382 e. The van der Waals surface area contributed by atoms with E-state index in [2.05, 4.69) is 87.7 Å². The Labute approximate surface area is 157 Å². The molecule has 0 aliphatic carbocycles. The Hall–Kier alpha value is -1.61. The Morgan fingerprint density at radius 2 is 1.56 bits per heavy atom. The van der Waals surface area contributed by atoms with E-state index >= 15 is 0 Å². The van der Waals surface area contributed by atoms with Gasteiger partial charge in [-0.15, -0.1) is 11.8 Å². The molecular formula is C22H32N2S. The average Bonchev–Trinajstić information content (AvgIpc) is 2.55. The minimum Gasteiger partial charge on any atom is -0.382 e. The minimum absolute atomic E-state index is 0.478. The van der Waals surface area contributed by atoms with Crippen LogP contribution in [0.15, 0.2) is 53.4 Å². The highest BCUT2D eigenvalue weighted by Gasteiger charge is 2.10. The van der Waals surface area contributed by atoms with Crippen molar-refractivity contribution >= 4 is 28.8 Å². The lowest BCUT2D eigenvalue weighted by atomic mass is 10.1. The van der Waals surface area contributed by atoms with Gasteiger partial charge in [0.1, 0.15) is 0 Å². The zero-order valence-corrected chi connectivity index (χ0v) is 17.0. The number of thioether (sulfide) groups is 1. The van der Waals surface area contributed by atoms with Gasteiger partial charge < -0.3 is 10.6 Å². The van der Waals surface area contributed by atoms with Gasteiger partial charge in [0, 0.05) is 33.8 Å². The van der Waals surface area contributed by atoms with E-state index in [1.807, 2.05) is 17.8 Å². The van der Waals surface area contributed by atoms with E-state index in [4.69, 9.17) is 0 Å². The van der Waals surface area contributed by atoms with E-state index in [0.29, 0.717) is 17.9 Å². The lowest BCUT2D eigenvalue weighted by Crippen LogP contribution is -2.18. The molecule has 2 aromatic carbocycles. The summed E-state index contributed by atoms with van der Waals surface area (Å²) in [4.78, 5) is 1.32. The molecule has 1 unspecified atom stereocenters. The van der Waals surface area contributed by atoms with Gasteiger partial charge in [0.2, 0.25) is 0 Å². The molecule has 0 aliphatic heterocycles. The lowest BCUT2D eigenvalue weighted by molar-refractivity contribution is 0.539. The monoisotopic (exact) mass is 356 g/mol. The average molecular weight is 357 g/mol. The lowest BCUT2D eigenvalue weighted by Gasteiger charge is -2.21. The second-order valence-electron chi connectivity index (χ2n) is 7.58. The van der Waals surface area contributed by atoms with Crippen molar-refractivity contribution in [2.24, 2.45) is 11.8 Å². The Morgan fingerprint density at radius 3 is 2.20 bits per heavy atom. The van der Waals surface area contributed by atoms with Crippen LogP contribution in [0.2, 0.25) is 0 Å². The molecule has 0 aromatic heterocycles. The fraction of sp³-hybridized carbons (Fsp3) is 0.455. The Morgan fingerprint density at radius 1 is 0.840 bits per heavy atom. The Bertz CT molecular complexity index is 638. The summed E-state index contributed by atoms with van der Waals surface area (Å²) in [6.07, 6.45) is 1.18. The molecule has 1 atom stereocenters. The van der Waals surface area contributed by atoms with Crippen LogP contribution in [-0.4, -0.2) is 11.8 Å². The van der Waals surface area contributed by atoms with Crippen LogP contribution in [0.3, 0.4) is 0 Å². The summed E-state index contributed by atoms with van der Waals surface area (Å²) in [6.45, 7) is 11.4. The second kappa shape index (κ2) is 9.76. The molecule has 2 N–H and O–H groups in total. The fourth-order valence-electron chi connectivity index (χ4n) is 2.81. The summed E-state index contributed by atoms with van der Waals surface area (Å²) in [5, 5.41) is 7.21. The van der Waals surface area contributed by atoms with Gasteiger partial charge in [-0.25, -0.2) is 0 Å². The molecule has 0 heterocycles. The standard InChI is InChI=1S/C22H32N2S/c1-16(2)13-18(5)23-21-12-11-20(14-22(21)25-15-17(3)4)24-19-9-7-6-8-10-19/h6-12,14,16-18,23-24H,13,15H2,1-5H3. The third-order valence-corrected chi connectivity index (χ3v) is 5.33. The number of benzene rings is 2. The molecule has 0 fully saturated rings. The normalized spacial score (nSPS) is 12.4. The molecule has 0 aliphatic rings. The molecule has 2 aromatic rings.